The molecule has 0 fully saturated rings. The molecule has 2 nitrogen and oxygen atoms in total. The first-order valence-corrected chi connectivity index (χ1v) is 7.20. The number of hydrogen-bond acceptors (Lipinski definition) is 2. The van der Waals surface area contributed by atoms with E-state index in [0.29, 0.717) is 21.4 Å². The molecule has 0 heterocycles. The highest BCUT2D eigenvalue weighted by Crippen LogP contribution is 2.29. The van der Waals surface area contributed by atoms with E-state index in [4.69, 9.17) is 28.3 Å². The van der Waals surface area contributed by atoms with Crippen LogP contribution in [0, 0.1) is 0 Å². The Hall–Kier alpha value is -1.16. The maximum atomic E-state index is 10.9. The smallest absolute Gasteiger partial charge is 0.335 e. The van der Waals surface area contributed by atoms with Crippen molar-refractivity contribution in [2.24, 2.45) is 0 Å². The van der Waals surface area contributed by atoms with Gasteiger partial charge in [0.05, 0.1) is 15.6 Å². The summed E-state index contributed by atoms with van der Waals surface area (Å²) in [7, 11) is 0. The second-order valence-electron chi connectivity index (χ2n) is 3.87. The van der Waals surface area contributed by atoms with Crippen LogP contribution in [0.5, 0.6) is 0 Å². The summed E-state index contributed by atoms with van der Waals surface area (Å²) in [5.74, 6) is -0.236. The normalized spacial score (nSPS) is 10.4. The Bertz CT molecular complexity index is 614. The van der Waals surface area contributed by atoms with Gasteiger partial charge >= 0.3 is 5.97 Å². The first-order chi connectivity index (χ1) is 9.06. The molecular weight excluding hydrogens is 303 g/mol. The van der Waals surface area contributed by atoms with Gasteiger partial charge in [-0.2, -0.15) is 0 Å². The molecule has 2 aromatic rings. The molecule has 0 saturated heterocycles. The number of carbonyl (C=O) groups is 1. The Balaban J connectivity index is 2.07. The number of carboxylic acid groups (broad SMARTS) is 1. The highest BCUT2D eigenvalue weighted by atomic mass is 35.5. The number of hydrogen-bond donors (Lipinski definition) is 1. The van der Waals surface area contributed by atoms with Gasteiger partial charge in [-0.05, 0) is 35.9 Å². The molecule has 5 heteroatoms. The van der Waals surface area contributed by atoms with Crippen molar-refractivity contribution in [1.82, 2.24) is 0 Å². The number of rotatable bonds is 4. The summed E-state index contributed by atoms with van der Waals surface area (Å²) in [6, 6.07) is 12.3. The fourth-order valence-electron chi connectivity index (χ4n) is 1.53. The van der Waals surface area contributed by atoms with Crippen LogP contribution in [0.3, 0.4) is 0 Å². The Labute approximate surface area is 125 Å². The molecule has 1 N–H and O–H groups in total. The number of halogens is 2. The van der Waals surface area contributed by atoms with Gasteiger partial charge in [0, 0.05) is 10.6 Å². The van der Waals surface area contributed by atoms with Gasteiger partial charge in [-0.1, -0.05) is 35.3 Å². The summed E-state index contributed by atoms with van der Waals surface area (Å²) in [5, 5.41) is 9.97. The van der Waals surface area contributed by atoms with Crippen LogP contribution in [0.1, 0.15) is 15.9 Å². The van der Waals surface area contributed by atoms with Crippen LogP contribution in [0.4, 0.5) is 0 Å². The highest BCUT2D eigenvalue weighted by molar-refractivity contribution is 7.98. The van der Waals surface area contributed by atoms with Crippen LogP contribution in [-0.2, 0) is 5.75 Å². The molecule has 0 radical (unpaired) electrons. The molecular formula is C14H10Cl2O2S. The Morgan fingerprint density at radius 3 is 2.58 bits per heavy atom. The van der Waals surface area contributed by atoms with Crippen molar-refractivity contribution < 1.29 is 9.90 Å². The van der Waals surface area contributed by atoms with E-state index in [0.717, 1.165) is 10.5 Å². The summed E-state index contributed by atoms with van der Waals surface area (Å²) in [6.45, 7) is 0. The first kappa shape index (κ1) is 14.3. The molecule has 98 valence electrons. The Kier molecular flexibility index (Phi) is 4.75. The summed E-state index contributed by atoms with van der Waals surface area (Å²) in [6.07, 6.45) is 0. The van der Waals surface area contributed by atoms with Gasteiger partial charge in [-0.25, -0.2) is 4.79 Å². The average molecular weight is 313 g/mol. The minimum absolute atomic E-state index is 0.298. The van der Waals surface area contributed by atoms with Crippen molar-refractivity contribution in [1.29, 1.82) is 0 Å². The van der Waals surface area contributed by atoms with Crippen molar-refractivity contribution >= 4 is 40.9 Å². The second-order valence-corrected chi connectivity index (χ2v) is 5.73. The van der Waals surface area contributed by atoms with Gasteiger partial charge in [0.25, 0.3) is 0 Å². The summed E-state index contributed by atoms with van der Waals surface area (Å²) < 4.78 is 0. The largest absolute Gasteiger partial charge is 0.478 e. The zero-order valence-electron chi connectivity index (χ0n) is 9.77. The molecule has 0 unspecified atom stereocenters. The second kappa shape index (κ2) is 6.33. The Morgan fingerprint density at radius 1 is 1.11 bits per heavy atom. The van der Waals surface area contributed by atoms with Crippen molar-refractivity contribution in [2.75, 3.05) is 0 Å². The molecule has 0 bridgehead atoms. The molecule has 0 atom stereocenters. The number of benzene rings is 2. The standard InChI is InChI=1S/C14H10Cl2O2S/c15-12-5-4-11(7-13(12)16)19-8-9-2-1-3-10(6-9)14(17)18/h1-7H,8H2,(H,17,18). The number of carboxylic acids is 1. The van der Waals surface area contributed by atoms with E-state index in [1.165, 1.54) is 0 Å². The third kappa shape index (κ3) is 3.90. The van der Waals surface area contributed by atoms with Gasteiger partial charge in [0.15, 0.2) is 0 Å². The van der Waals surface area contributed by atoms with Crippen LogP contribution < -0.4 is 0 Å². The van der Waals surface area contributed by atoms with E-state index >= 15 is 0 Å². The SMILES string of the molecule is O=C(O)c1cccc(CSc2ccc(Cl)c(Cl)c2)c1. The lowest BCUT2D eigenvalue weighted by atomic mass is 10.1. The topological polar surface area (TPSA) is 37.3 Å². The zero-order chi connectivity index (χ0) is 13.8. The number of aromatic carboxylic acids is 1. The minimum Gasteiger partial charge on any atom is -0.478 e. The Morgan fingerprint density at radius 2 is 1.89 bits per heavy atom. The van der Waals surface area contributed by atoms with E-state index in [9.17, 15) is 4.79 Å². The van der Waals surface area contributed by atoms with Gasteiger partial charge in [0.1, 0.15) is 0 Å². The summed E-state index contributed by atoms with van der Waals surface area (Å²) in [5.41, 5.74) is 1.25. The maximum absolute atomic E-state index is 10.9. The van der Waals surface area contributed by atoms with E-state index < -0.39 is 5.97 Å². The molecule has 0 saturated carbocycles. The quantitative estimate of drug-likeness (QED) is 0.809. The summed E-state index contributed by atoms with van der Waals surface area (Å²) in [4.78, 5) is 11.9. The predicted molar refractivity (Wildman–Crippen MR) is 79.4 cm³/mol. The third-order valence-electron chi connectivity index (χ3n) is 2.47. The third-order valence-corrected chi connectivity index (χ3v) is 4.27. The molecule has 0 aliphatic rings. The van der Waals surface area contributed by atoms with E-state index in [2.05, 4.69) is 0 Å². The molecule has 0 spiro atoms. The molecule has 2 aromatic carbocycles. The minimum atomic E-state index is -0.915. The molecule has 0 aromatic heterocycles. The lowest BCUT2D eigenvalue weighted by molar-refractivity contribution is 0.0697. The molecule has 0 aliphatic carbocycles. The zero-order valence-corrected chi connectivity index (χ0v) is 12.1. The highest BCUT2D eigenvalue weighted by Gasteiger charge is 2.04. The van der Waals surface area contributed by atoms with Gasteiger partial charge in [-0.3, -0.25) is 0 Å². The van der Waals surface area contributed by atoms with Crippen LogP contribution in [0.25, 0.3) is 0 Å². The van der Waals surface area contributed by atoms with Crippen molar-refractivity contribution in [2.45, 2.75) is 10.6 Å². The maximum Gasteiger partial charge on any atom is 0.335 e. The van der Waals surface area contributed by atoms with Crippen LogP contribution >= 0.6 is 35.0 Å². The summed E-state index contributed by atoms with van der Waals surface area (Å²) >= 11 is 13.4. The molecule has 0 amide bonds. The van der Waals surface area contributed by atoms with Crippen LogP contribution in [0.15, 0.2) is 47.4 Å². The monoisotopic (exact) mass is 312 g/mol. The predicted octanol–water partition coefficient (Wildman–Crippen LogP) is 4.98. The average Bonchev–Trinajstić information content (AvgIpc) is 2.40. The molecule has 19 heavy (non-hydrogen) atoms. The van der Waals surface area contributed by atoms with Gasteiger partial charge in [0.2, 0.25) is 0 Å². The fraction of sp³-hybridized carbons (Fsp3) is 0.0714. The number of thioether (sulfide) groups is 1. The van der Waals surface area contributed by atoms with Crippen molar-refractivity contribution in [3.05, 3.63) is 63.6 Å². The molecule has 2 rings (SSSR count). The first-order valence-electron chi connectivity index (χ1n) is 5.46. The van der Waals surface area contributed by atoms with Crippen LogP contribution in [-0.4, -0.2) is 11.1 Å². The lowest BCUT2D eigenvalue weighted by Gasteiger charge is -2.04. The van der Waals surface area contributed by atoms with E-state index in [1.807, 2.05) is 12.1 Å². The van der Waals surface area contributed by atoms with Crippen molar-refractivity contribution in [3.63, 3.8) is 0 Å². The van der Waals surface area contributed by atoms with Gasteiger partial charge < -0.3 is 5.11 Å². The van der Waals surface area contributed by atoms with E-state index in [-0.39, 0.29) is 0 Å². The molecule has 0 aliphatic heterocycles. The fourth-order valence-corrected chi connectivity index (χ4v) is 2.77. The van der Waals surface area contributed by atoms with Gasteiger partial charge in [-0.15, -0.1) is 11.8 Å². The lowest BCUT2D eigenvalue weighted by Crippen LogP contribution is -1.96. The van der Waals surface area contributed by atoms with Crippen molar-refractivity contribution in [3.8, 4) is 0 Å². The van der Waals surface area contributed by atoms with Crippen LogP contribution in [0.2, 0.25) is 10.0 Å². The van der Waals surface area contributed by atoms with E-state index in [1.54, 1.807) is 42.1 Å².